The lowest BCUT2D eigenvalue weighted by Gasteiger charge is -2.36. The number of hydrogen-bond donors (Lipinski definition) is 0. The zero-order valence-corrected chi connectivity index (χ0v) is 12.0. The quantitative estimate of drug-likeness (QED) is 0.791. The summed E-state index contributed by atoms with van der Waals surface area (Å²) in [5, 5.41) is 10.5. The SMILES string of the molecule is CC1CC(C)CN(c2nc3ccccc3cc2C#N)C1. The number of fused-ring (bicyclic) bond motifs is 1. The van der Waals surface area contributed by atoms with Gasteiger partial charge in [-0.15, -0.1) is 0 Å². The van der Waals surface area contributed by atoms with Crippen LogP contribution >= 0.6 is 0 Å². The van der Waals surface area contributed by atoms with Gasteiger partial charge in [-0.1, -0.05) is 32.0 Å². The van der Waals surface area contributed by atoms with Crippen molar-refractivity contribution in [1.82, 2.24) is 4.98 Å². The number of anilines is 1. The number of hydrogen-bond acceptors (Lipinski definition) is 3. The second-order valence-electron chi connectivity index (χ2n) is 6.02. The minimum Gasteiger partial charge on any atom is -0.355 e. The smallest absolute Gasteiger partial charge is 0.147 e. The van der Waals surface area contributed by atoms with Crippen molar-refractivity contribution in [1.29, 1.82) is 5.26 Å². The fourth-order valence-electron chi connectivity index (χ4n) is 3.26. The van der Waals surface area contributed by atoms with Crippen LogP contribution in [0.2, 0.25) is 0 Å². The van der Waals surface area contributed by atoms with Crippen molar-refractivity contribution in [2.24, 2.45) is 11.8 Å². The van der Waals surface area contributed by atoms with Crippen LogP contribution in [0.1, 0.15) is 25.8 Å². The standard InChI is InChI=1S/C17H19N3/c1-12-7-13(2)11-20(10-12)17-15(9-18)8-14-5-3-4-6-16(14)19-17/h3-6,8,12-13H,7,10-11H2,1-2H3. The van der Waals surface area contributed by atoms with Crippen LogP contribution in [0.5, 0.6) is 0 Å². The molecule has 1 aromatic heterocycles. The number of aromatic nitrogens is 1. The highest BCUT2D eigenvalue weighted by Crippen LogP contribution is 2.29. The average Bonchev–Trinajstić information content (AvgIpc) is 2.44. The molecule has 0 aliphatic carbocycles. The molecular weight excluding hydrogens is 246 g/mol. The average molecular weight is 265 g/mol. The summed E-state index contributed by atoms with van der Waals surface area (Å²) in [6, 6.07) is 12.3. The van der Waals surface area contributed by atoms with E-state index in [0.717, 1.165) is 29.8 Å². The number of para-hydroxylation sites is 1. The zero-order valence-electron chi connectivity index (χ0n) is 12.0. The van der Waals surface area contributed by atoms with Gasteiger partial charge in [0, 0.05) is 18.5 Å². The highest BCUT2D eigenvalue weighted by molar-refractivity contribution is 5.83. The lowest BCUT2D eigenvalue weighted by atomic mass is 9.91. The Labute approximate surface area is 119 Å². The predicted octanol–water partition coefficient (Wildman–Crippen LogP) is 3.59. The molecule has 0 bridgehead atoms. The molecule has 1 saturated heterocycles. The summed E-state index contributed by atoms with van der Waals surface area (Å²) in [7, 11) is 0. The van der Waals surface area contributed by atoms with E-state index < -0.39 is 0 Å². The van der Waals surface area contributed by atoms with Crippen molar-refractivity contribution < 1.29 is 0 Å². The lowest BCUT2D eigenvalue weighted by molar-refractivity contribution is 0.355. The van der Waals surface area contributed by atoms with Crippen LogP contribution < -0.4 is 4.90 Å². The Kier molecular flexibility index (Phi) is 3.31. The molecule has 102 valence electrons. The molecule has 0 saturated carbocycles. The van der Waals surface area contributed by atoms with Gasteiger partial charge in [0.2, 0.25) is 0 Å². The predicted molar refractivity (Wildman–Crippen MR) is 81.6 cm³/mol. The van der Waals surface area contributed by atoms with Gasteiger partial charge in [-0.05, 0) is 30.4 Å². The molecule has 0 radical (unpaired) electrons. The van der Waals surface area contributed by atoms with Crippen LogP contribution in [0.15, 0.2) is 30.3 Å². The molecule has 1 aliphatic heterocycles. The molecule has 2 heterocycles. The summed E-state index contributed by atoms with van der Waals surface area (Å²) in [5.74, 6) is 2.15. The first-order chi connectivity index (χ1) is 9.67. The Hall–Kier alpha value is -2.08. The molecular formula is C17H19N3. The Balaban J connectivity index is 2.08. The molecule has 0 spiro atoms. The Morgan fingerprint density at radius 3 is 2.60 bits per heavy atom. The fraction of sp³-hybridized carbons (Fsp3) is 0.412. The van der Waals surface area contributed by atoms with Crippen molar-refractivity contribution in [2.75, 3.05) is 18.0 Å². The normalized spacial score (nSPS) is 22.8. The number of benzene rings is 1. The molecule has 3 nitrogen and oxygen atoms in total. The summed E-state index contributed by atoms with van der Waals surface area (Å²) in [4.78, 5) is 7.02. The fourth-order valence-corrected chi connectivity index (χ4v) is 3.26. The van der Waals surface area contributed by atoms with Gasteiger partial charge < -0.3 is 4.90 Å². The number of pyridine rings is 1. The van der Waals surface area contributed by atoms with Crippen molar-refractivity contribution in [2.45, 2.75) is 20.3 Å². The third-order valence-electron chi connectivity index (χ3n) is 3.99. The van der Waals surface area contributed by atoms with Crippen LogP contribution in [-0.2, 0) is 0 Å². The number of rotatable bonds is 1. The van der Waals surface area contributed by atoms with Gasteiger partial charge in [-0.25, -0.2) is 4.98 Å². The number of nitriles is 1. The topological polar surface area (TPSA) is 39.9 Å². The third-order valence-corrected chi connectivity index (χ3v) is 3.99. The molecule has 2 aromatic rings. The van der Waals surface area contributed by atoms with E-state index in [-0.39, 0.29) is 0 Å². The van der Waals surface area contributed by atoms with E-state index in [1.54, 1.807) is 0 Å². The first kappa shape index (κ1) is 12.9. The van der Waals surface area contributed by atoms with Crippen LogP contribution in [-0.4, -0.2) is 18.1 Å². The molecule has 2 unspecified atom stereocenters. The molecule has 1 aliphatic rings. The minimum atomic E-state index is 0.651. The van der Waals surface area contributed by atoms with Gasteiger partial charge >= 0.3 is 0 Å². The largest absolute Gasteiger partial charge is 0.355 e. The molecule has 20 heavy (non-hydrogen) atoms. The van der Waals surface area contributed by atoms with Crippen molar-refractivity contribution in [3.8, 4) is 6.07 Å². The molecule has 3 rings (SSSR count). The van der Waals surface area contributed by atoms with E-state index in [1.807, 2.05) is 30.3 Å². The molecule has 2 atom stereocenters. The van der Waals surface area contributed by atoms with Crippen molar-refractivity contribution in [3.05, 3.63) is 35.9 Å². The summed E-state index contributed by atoms with van der Waals surface area (Å²) in [6.07, 6.45) is 1.26. The van der Waals surface area contributed by atoms with Crippen molar-refractivity contribution in [3.63, 3.8) is 0 Å². The van der Waals surface area contributed by atoms with E-state index in [1.165, 1.54) is 6.42 Å². The second kappa shape index (κ2) is 5.13. The second-order valence-corrected chi connectivity index (χ2v) is 6.02. The van der Waals surface area contributed by atoms with E-state index in [4.69, 9.17) is 4.98 Å². The number of nitrogens with zero attached hydrogens (tertiary/aromatic N) is 3. The monoisotopic (exact) mass is 265 g/mol. The molecule has 1 fully saturated rings. The van der Waals surface area contributed by atoms with E-state index in [0.29, 0.717) is 17.4 Å². The van der Waals surface area contributed by atoms with Crippen LogP contribution in [0.25, 0.3) is 10.9 Å². The van der Waals surface area contributed by atoms with Gasteiger partial charge in [0.25, 0.3) is 0 Å². The maximum atomic E-state index is 9.42. The third kappa shape index (κ3) is 2.34. The van der Waals surface area contributed by atoms with Crippen LogP contribution in [0.4, 0.5) is 5.82 Å². The Morgan fingerprint density at radius 1 is 1.20 bits per heavy atom. The van der Waals surface area contributed by atoms with Gasteiger partial charge in [-0.2, -0.15) is 5.26 Å². The summed E-state index contributed by atoms with van der Waals surface area (Å²) < 4.78 is 0. The molecule has 1 aromatic carbocycles. The highest BCUT2D eigenvalue weighted by Gasteiger charge is 2.24. The van der Waals surface area contributed by atoms with Gasteiger partial charge in [-0.3, -0.25) is 0 Å². The number of piperidine rings is 1. The maximum Gasteiger partial charge on any atom is 0.147 e. The van der Waals surface area contributed by atoms with Gasteiger partial charge in [0.15, 0.2) is 0 Å². The van der Waals surface area contributed by atoms with Crippen LogP contribution in [0, 0.1) is 23.2 Å². The molecule has 0 N–H and O–H groups in total. The Morgan fingerprint density at radius 2 is 1.90 bits per heavy atom. The summed E-state index contributed by atoms with van der Waals surface area (Å²) in [6.45, 7) is 6.53. The highest BCUT2D eigenvalue weighted by atomic mass is 15.2. The Bertz CT molecular complexity index is 661. The van der Waals surface area contributed by atoms with Crippen molar-refractivity contribution >= 4 is 16.7 Å². The van der Waals surface area contributed by atoms with E-state index in [9.17, 15) is 5.26 Å². The first-order valence-electron chi connectivity index (χ1n) is 7.22. The first-order valence-corrected chi connectivity index (χ1v) is 7.22. The lowest BCUT2D eigenvalue weighted by Crippen LogP contribution is -2.39. The van der Waals surface area contributed by atoms with Crippen LogP contribution in [0.3, 0.4) is 0 Å². The van der Waals surface area contributed by atoms with Gasteiger partial charge in [0.1, 0.15) is 11.9 Å². The zero-order chi connectivity index (χ0) is 14.1. The maximum absolute atomic E-state index is 9.42. The summed E-state index contributed by atoms with van der Waals surface area (Å²) in [5.41, 5.74) is 1.65. The van der Waals surface area contributed by atoms with Gasteiger partial charge in [0.05, 0.1) is 11.1 Å². The minimum absolute atomic E-state index is 0.651. The summed E-state index contributed by atoms with van der Waals surface area (Å²) >= 11 is 0. The van der Waals surface area contributed by atoms with E-state index in [2.05, 4.69) is 24.8 Å². The molecule has 3 heteroatoms. The molecule has 0 amide bonds. The van der Waals surface area contributed by atoms with E-state index >= 15 is 0 Å².